The van der Waals surface area contributed by atoms with Crippen LogP contribution in [-0.2, 0) is 19.1 Å². The summed E-state index contributed by atoms with van der Waals surface area (Å²) >= 11 is 0. The first-order valence-electron chi connectivity index (χ1n) is 26.3. The Hall–Kier alpha value is -1.14. The number of hydrogen-bond donors (Lipinski definition) is 1. The molecule has 0 spiro atoms. The number of rotatable bonds is 43. The first-order valence-corrected chi connectivity index (χ1v) is 26.3. The summed E-state index contributed by atoms with van der Waals surface area (Å²) in [6, 6.07) is 0.275. The molecule has 0 heterocycles. The van der Waals surface area contributed by atoms with E-state index in [1.54, 1.807) is 0 Å². The minimum atomic E-state index is 0.0663. The van der Waals surface area contributed by atoms with Gasteiger partial charge in [-0.25, -0.2) is 0 Å². The van der Waals surface area contributed by atoms with Crippen LogP contribution in [0.5, 0.6) is 0 Å². The lowest BCUT2D eigenvalue weighted by Gasteiger charge is -2.32. The number of carbonyl (C=O) groups excluding carboxylic acids is 2. The van der Waals surface area contributed by atoms with E-state index in [9.17, 15) is 9.59 Å². The van der Waals surface area contributed by atoms with Gasteiger partial charge in [0.15, 0.2) is 0 Å². The fourth-order valence-corrected chi connectivity index (χ4v) is 9.20. The lowest BCUT2D eigenvalue weighted by atomic mass is 9.84. The van der Waals surface area contributed by atoms with E-state index in [2.05, 4.69) is 32.6 Å². The Kier molecular flexibility index (Phi) is 39.0. The number of nitrogens with zero attached hydrogens (tertiary/aromatic N) is 1. The number of nitrogens with two attached hydrogens (primary N) is 1. The van der Waals surface area contributed by atoms with Gasteiger partial charge in [-0.15, -0.1) is 0 Å². The summed E-state index contributed by atoms with van der Waals surface area (Å²) in [5.41, 5.74) is 6.86. The van der Waals surface area contributed by atoms with Crippen LogP contribution in [0.3, 0.4) is 0 Å². The third-order valence-corrected chi connectivity index (χ3v) is 13.2. The van der Waals surface area contributed by atoms with Gasteiger partial charge >= 0.3 is 11.9 Å². The molecule has 2 N–H and O–H groups in total. The van der Waals surface area contributed by atoms with Gasteiger partial charge in [-0.2, -0.15) is 0 Å². The van der Waals surface area contributed by atoms with Crippen molar-refractivity contribution in [3.05, 3.63) is 0 Å². The van der Waals surface area contributed by atoms with Gasteiger partial charge in [0.2, 0.25) is 0 Å². The quantitative estimate of drug-likeness (QED) is 0.0487. The summed E-state index contributed by atoms with van der Waals surface area (Å²) in [5.74, 6) is 0.996. The van der Waals surface area contributed by atoms with Gasteiger partial charge in [-0.1, -0.05) is 201 Å². The SMILES string of the molecule is CCCCCCCCC(CCCCCC)C(=O)OCCCCCCN(CCCCCCOC(=O)C(CCCCCC)CCCCCCCC)CC(N)C1CCCCC1. The molecule has 3 unspecified atom stereocenters. The van der Waals surface area contributed by atoms with E-state index in [1.807, 2.05) is 0 Å². The van der Waals surface area contributed by atoms with Crippen molar-refractivity contribution in [1.29, 1.82) is 0 Å². The fraction of sp³-hybridized carbons (Fsp3) is 0.962. The molecule has 1 rings (SSSR count). The zero-order chi connectivity index (χ0) is 42.2. The monoisotopic (exact) mass is 819 g/mol. The van der Waals surface area contributed by atoms with Crippen LogP contribution in [0.1, 0.15) is 265 Å². The minimum absolute atomic E-state index is 0.0663. The van der Waals surface area contributed by atoms with Crippen molar-refractivity contribution >= 4 is 11.9 Å². The summed E-state index contributed by atoms with van der Waals surface area (Å²) in [7, 11) is 0. The second-order valence-corrected chi connectivity index (χ2v) is 18.7. The van der Waals surface area contributed by atoms with E-state index in [-0.39, 0.29) is 29.8 Å². The number of ether oxygens (including phenoxy) is 2. The fourth-order valence-electron chi connectivity index (χ4n) is 9.20. The Morgan fingerprint density at radius 2 is 0.793 bits per heavy atom. The van der Waals surface area contributed by atoms with Gasteiger partial charge in [0.25, 0.3) is 0 Å². The van der Waals surface area contributed by atoms with Gasteiger partial charge in [0, 0.05) is 12.6 Å². The topological polar surface area (TPSA) is 81.9 Å². The van der Waals surface area contributed by atoms with Gasteiger partial charge < -0.3 is 20.1 Å². The number of carbonyl (C=O) groups is 2. The highest BCUT2D eigenvalue weighted by Gasteiger charge is 2.23. The average Bonchev–Trinajstić information content (AvgIpc) is 3.23. The maximum atomic E-state index is 13.1. The maximum absolute atomic E-state index is 13.1. The van der Waals surface area contributed by atoms with Gasteiger partial charge in [-0.05, 0) is 83.2 Å². The van der Waals surface area contributed by atoms with Gasteiger partial charge in [0.1, 0.15) is 0 Å². The Balaban J connectivity index is 2.43. The molecule has 1 saturated carbocycles. The number of hydrogen-bond acceptors (Lipinski definition) is 6. The molecule has 58 heavy (non-hydrogen) atoms. The third-order valence-electron chi connectivity index (χ3n) is 13.2. The molecule has 0 aromatic rings. The highest BCUT2D eigenvalue weighted by atomic mass is 16.5. The highest BCUT2D eigenvalue weighted by molar-refractivity contribution is 5.72. The predicted octanol–water partition coefficient (Wildman–Crippen LogP) is 15.1. The van der Waals surface area contributed by atoms with E-state index < -0.39 is 0 Å². The van der Waals surface area contributed by atoms with E-state index in [4.69, 9.17) is 15.2 Å². The lowest BCUT2D eigenvalue weighted by Crippen LogP contribution is -2.43. The Labute approximate surface area is 362 Å². The molecule has 1 aliphatic carbocycles. The zero-order valence-electron chi connectivity index (χ0n) is 39.7. The molecule has 0 aromatic carbocycles. The van der Waals surface area contributed by atoms with Crippen LogP contribution in [0, 0.1) is 17.8 Å². The van der Waals surface area contributed by atoms with Crippen molar-refractivity contribution in [3.8, 4) is 0 Å². The van der Waals surface area contributed by atoms with Crippen LogP contribution in [0.2, 0.25) is 0 Å². The van der Waals surface area contributed by atoms with Crippen molar-refractivity contribution < 1.29 is 19.1 Å². The summed E-state index contributed by atoms with van der Waals surface area (Å²) in [6.45, 7) is 13.4. The molecule has 0 bridgehead atoms. The van der Waals surface area contributed by atoms with E-state index in [1.165, 1.54) is 161 Å². The Morgan fingerprint density at radius 1 is 0.466 bits per heavy atom. The van der Waals surface area contributed by atoms with Crippen LogP contribution >= 0.6 is 0 Å². The predicted molar refractivity (Wildman–Crippen MR) is 250 cm³/mol. The van der Waals surface area contributed by atoms with Gasteiger partial charge in [-0.3, -0.25) is 9.59 Å². The molecule has 1 fully saturated rings. The van der Waals surface area contributed by atoms with Crippen molar-refractivity contribution in [3.63, 3.8) is 0 Å². The molecule has 6 heteroatoms. The standard InChI is InChI=1S/C52H102N2O4/c1-5-9-13-17-19-28-40-48(38-26-15-11-7-3)51(55)57-44-34-23-21-32-42-54(46-50(53)47-36-30-25-31-37-47)43-33-22-24-35-45-58-52(56)49(39-27-16-12-8-4)41-29-20-18-14-10-6-2/h47-50H,5-46,53H2,1-4H3. The van der Waals surface area contributed by atoms with Crippen LogP contribution in [-0.4, -0.2) is 55.7 Å². The molecule has 0 radical (unpaired) electrons. The summed E-state index contributed by atoms with van der Waals surface area (Å²) in [5, 5.41) is 0. The normalized spacial score (nSPS) is 15.1. The van der Waals surface area contributed by atoms with Crippen molar-refractivity contribution in [1.82, 2.24) is 4.90 Å². The summed E-state index contributed by atoms with van der Waals surface area (Å²) in [4.78, 5) is 28.8. The molecular weight excluding hydrogens is 717 g/mol. The van der Waals surface area contributed by atoms with E-state index in [0.29, 0.717) is 19.1 Å². The van der Waals surface area contributed by atoms with Crippen LogP contribution in [0.15, 0.2) is 0 Å². The second kappa shape index (κ2) is 41.2. The van der Waals surface area contributed by atoms with Crippen LogP contribution in [0.25, 0.3) is 0 Å². The maximum Gasteiger partial charge on any atom is 0.308 e. The molecular formula is C52H102N2O4. The first kappa shape index (κ1) is 54.9. The minimum Gasteiger partial charge on any atom is -0.465 e. The molecule has 344 valence electrons. The third kappa shape index (κ3) is 31.7. The lowest BCUT2D eigenvalue weighted by molar-refractivity contribution is -0.150. The molecule has 1 aliphatic rings. The number of esters is 2. The van der Waals surface area contributed by atoms with Crippen molar-refractivity contribution in [2.75, 3.05) is 32.8 Å². The molecule has 0 amide bonds. The largest absolute Gasteiger partial charge is 0.465 e. The zero-order valence-corrected chi connectivity index (χ0v) is 39.7. The van der Waals surface area contributed by atoms with Crippen LogP contribution < -0.4 is 5.73 Å². The number of unbranched alkanes of at least 4 members (excludes halogenated alkanes) is 22. The summed E-state index contributed by atoms with van der Waals surface area (Å²) < 4.78 is 11.8. The molecule has 6 nitrogen and oxygen atoms in total. The highest BCUT2D eigenvalue weighted by Crippen LogP contribution is 2.27. The second-order valence-electron chi connectivity index (χ2n) is 18.7. The van der Waals surface area contributed by atoms with Crippen LogP contribution in [0.4, 0.5) is 0 Å². The molecule has 0 saturated heterocycles. The van der Waals surface area contributed by atoms with Crippen molar-refractivity contribution in [2.45, 2.75) is 271 Å². The first-order chi connectivity index (χ1) is 28.5. The van der Waals surface area contributed by atoms with Gasteiger partial charge in [0.05, 0.1) is 25.0 Å². The molecule has 0 aromatic heterocycles. The smallest absolute Gasteiger partial charge is 0.308 e. The van der Waals surface area contributed by atoms with E-state index in [0.717, 1.165) is 96.7 Å². The van der Waals surface area contributed by atoms with Crippen molar-refractivity contribution in [2.24, 2.45) is 23.5 Å². The average molecular weight is 819 g/mol. The Bertz CT molecular complexity index is 835. The molecule has 0 aliphatic heterocycles. The van der Waals surface area contributed by atoms with E-state index >= 15 is 0 Å². The molecule has 3 atom stereocenters. The Morgan fingerprint density at radius 3 is 1.19 bits per heavy atom. The summed E-state index contributed by atoms with van der Waals surface area (Å²) in [6.07, 6.45) is 44.6.